The molecule has 1 aliphatic rings. The van der Waals surface area contributed by atoms with Crippen LogP contribution in [0.5, 0.6) is 0 Å². The molecule has 0 saturated carbocycles. The third kappa shape index (κ3) is 3.87. The normalized spacial score (nSPS) is 15.6. The van der Waals surface area contributed by atoms with Crippen molar-refractivity contribution in [3.05, 3.63) is 42.2 Å². The molecule has 2 aromatic rings. The molecule has 1 aliphatic heterocycles. The second-order valence-electron chi connectivity index (χ2n) is 5.57. The maximum absolute atomic E-state index is 12.2. The number of nitrogens with one attached hydrogen (secondary N) is 1. The number of urea groups is 1. The molecule has 23 heavy (non-hydrogen) atoms. The number of benzene rings is 1. The lowest BCUT2D eigenvalue weighted by atomic mass is 10.3. The topological polar surface area (TPSA) is 66.3 Å². The number of rotatable bonds is 4. The average molecular weight is 314 g/mol. The zero-order valence-electron chi connectivity index (χ0n) is 13.4. The van der Waals surface area contributed by atoms with Gasteiger partial charge in [-0.2, -0.15) is 0 Å². The molecule has 7 heteroatoms. The van der Waals surface area contributed by atoms with E-state index in [1.165, 1.54) is 0 Å². The first-order chi connectivity index (χ1) is 11.3. The van der Waals surface area contributed by atoms with Crippen molar-refractivity contribution in [2.75, 3.05) is 32.7 Å². The van der Waals surface area contributed by atoms with Gasteiger partial charge in [0.05, 0.1) is 18.4 Å². The molecule has 0 aliphatic carbocycles. The van der Waals surface area contributed by atoms with Crippen LogP contribution in [-0.2, 0) is 6.54 Å². The molecule has 0 bridgehead atoms. The fraction of sp³-hybridized carbons (Fsp3) is 0.438. The van der Waals surface area contributed by atoms with Gasteiger partial charge in [0.1, 0.15) is 5.69 Å². The highest BCUT2D eigenvalue weighted by Gasteiger charge is 2.19. The zero-order chi connectivity index (χ0) is 16.1. The lowest BCUT2D eigenvalue weighted by Gasteiger charge is -2.33. The summed E-state index contributed by atoms with van der Waals surface area (Å²) in [6, 6.07) is 9.76. The Morgan fingerprint density at radius 1 is 1.17 bits per heavy atom. The van der Waals surface area contributed by atoms with Crippen molar-refractivity contribution in [2.45, 2.75) is 13.5 Å². The monoisotopic (exact) mass is 314 g/mol. The Labute approximate surface area is 135 Å². The van der Waals surface area contributed by atoms with Crippen LogP contribution in [0.1, 0.15) is 12.6 Å². The van der Waals surface area contributed by atoms with E-state index in [1.807, 2.05) is 41.4 Å². The fourth-order valence-electron chi connectivity index (χ4n) is 2.63. The van der Waals surface area contributed by atoms with Gasteiger partial charge in [0.25, 0.3) is 0 Å². The third-order valence-corrected chi connectivity index (χ3v) is 4.09. The molecule has 3 rings (SSSR count). The zero-order valence-corrected chi connectivity index (χ0v) is 13.4. The summed E-state index contributed by atoms with van der Waals surface area (Å²) in [5.41, 5.74) is 1.70. The average Bonchev–Trinajstić information content (AvgIpc) is 3.09. The number of para-hydroxylation sites is 1. The van der Waals surface area contributed by atoms with Gasteiger partial charge in [-0.1, -0.05) is 30.3 Å². The first-order valence-corrected chi connectivity index (χ1v) is 7.98. The Balaban J connectivity index is 1.51. The van der Waals surface area contributed by atoms with Crippen LogP contribution in [0.3, 0.4) is 0 Å². The molecule has 1 N–H and O–H groups in total. The predicted molar refractivity (Wildman–Crippen MR) is 87.3 cm³/mol. The van der Waals surface area contributed by atoms with Gasteiger partial charge < -0.3 is 15.1 Å². The summed E-state index contributed by atoms with van der Waals surface area (Å²) in [6.07, 6.45) is 1.84. The summed E-state index contributed by atoms with van der Waals surface area (Å²) in [7, 11) is 0. The highest BCUT2D eigenvalue weighted by molar-refractivity contribution is 5.74. The number of nitrogens with zero attached hydrogens (tertiary/aromatic N) is 5. The van der Waals surface area contributed by atoms with Crippen molar-refractivity contribution in [3.63, 3.8) is 0 Å². The number of hydrogen-bond acceptors (Lipinski definition) is 4. The van der Waals surface area contributed by atoms with Crippen LogP contribution in [0.4, 0.5) is 4.79 Å². The summed E-state index contributed by atoms with van der Waals surface area (Å²) >= 11 is 0. The SMILES string of the molecule is CCN1CCN(C(=O)NCc2cn(-c3ccccc3)nn2)CC1. The summed E-state index contributed by atoms with van der Waals surface area (Å²) < 4.78 is 1.71. The van der Waals surface area contributed by atoms with Crippen LogP contribution in [0, 0.1) is 0 Å². The van der Waals surface area contributed by atoms with E-state index < -0.39 is 0 Å². The van der Waals surface area contributed by atoms with Gasteiger partial charge >= 0.3 is 6.03 Å². The van der Waals surface area contributed by atoms with Gasteiger partial charge in [0, 0.05) is 26.2 Å². The molecule has 1 aromatic heterocycles. The van der Waals surface area contributed by atoms with Crippen LogP contribution in [0.25, 0.3) is 5.69 Å². The lowest BCUT2D eigenvalue weighted by molar-refractivity contribution is 0.142. The predicted octanol–water partition coefficient (Wildman–Crippen LogP) is 1.11. The van der Waals surface area contributed by atoms with Crippen molar-refractivity contribution in [2.24, 2.45) is 0 Å². The van der Waals surface area contributed by atoms with Crippen molar-refractivity contribution < 1.29 is 4.79 Å². The molecule has 2 amide bonds. The maximum atomic E-state index is 12.2. The van der Waals surface area contributed by atoms with Crippen LogP contribution < -0.4 is 5.32 Å². The Kier molecular flexibility index (Phi) is 4.87. The van der Waals surface area contributed by atoms with E-state index in [1.54, 1.807) is 4.68 Å². The van der Waals surface area contributed by atoms with Crippen molar-refractivity contribution in [3.8, 4) is 5.69 Å². The first-order valence-electron chi connectivity index (χ1n) is 7.98. The number of piperazine rings is 1. The minimum absolute atomic E-state index is 0.0324. The molecule has 1 aromatic carbocycles. The molecule has 1 saturated heterocycles. The van der Waals surface area contributed by atoms with Gasteiger partial charge in [0.15, 0.2) is 0 Å². The number of hydrogen-bond donors (Lipinski definition) is 1. The molecule has 122 valence electrons. The maximum Gasteiger partial charge on any atom is 0.317 e. The molecule has 0 unspecified atom stereocenters. The van der Waals surface area contributed by atoms with Gasteiger partial charge in [0.2, 0.25) is 0 Å². The lowest BCUT2D eigenvalue weighted by Crippen LogP contribution is -2.51. The minimum atomic E-state index is -0.0324. The van der Waals surface area contributed by atoms with E-state index in [9.17, 15) is 4.79 Å². The summed E-state index contributed by atoms with van der Waals surface area (Å²) in [5.74, 6) is 0. The Morgan fingerprint density at radius 2 is 1.91 bits per heavy atom. The van der Waals surface area contributed by atoms with E-state index in [0.29, 0.717) is 6.54 Å². The van der Waals surface area contributed by atoms with Crippen LogP contribution in [-0.4, -0.2) is 63.5 Å². The van der Waals surface area contributed by atoms with E-state index in [0.717, 1.165) is 44.1 Å². The number of aromatic nitrogens is 3. The van der Waals surface area contributed by atoms with E-state index in [4.69, 9.17) is 0 Å². The van der Waals surface area contributed by atoms with Crippen LogP contribution >= 0.6 is 0 Å². The van der Waals surface area contributed by atoms with Crippen LogP contribution in [0.15, 0.2) is 36.5 Å². The van der Waals surface area contributed by atoms with Crippen molar-refractivity contribution >= 4 is 6.03 Å². The standard InChI is InChI=1S/C16H22N6O/c1-2-20-8-10-21(11-9-20)16(23)17-12-14-13-22(19-18-14)15-6-4-3-5-7-15/h3-7,13H,2,8-12H2,1H3,(H,17,23). The third-order valence-electron chi connectivity index (χ3n) is 4.09. The molecule has 7 nitrogen and oxygen atoms in total. The largest absolute Gasteiger partial charge is 0.332 e. The second-order valence-corrected chi connectivity index (χ2v) is 5.57. The first kappa shape index (κ1) is 15.5. The molecule has 0 spiro atoms. The number of carbonyl (C=O) groups is 1. The second kappa shape index (κ2) is 7.23. The number of likely N-dealkylation sites (N-methyl/N-ethyl adjacent to an activating group) is 1. The number of amides is 2. The fourth-order valence-corrected chi connectivity index (χ4v) is 2.63. The molecule has 0 radical (unpaired) electrons. The van der Waals surface area contributed by atoms with Gasteiger partial charge in [-0.3, -0.25) is 0 Å². The van der Waals surface area contributed by atoms with Crippen LogP contribution in [0.2, 0.25) is 0 Å². The van der Waals surface area contributed by atoms with Gasteiger partial charge in [-0.15, -0.1) is 5.10 Å². The number of carbonyl (C=O) groups excluding carboxylic acids is 1. The van der Waals surface area contributed by atoms with Crippen molar-refractivity contribution in [1.29, 1.82) is 0 Å². The van der Waals surface area contributed by atoms with E-state index in [-0.39, 0.29) is 6.03 Å². The molecular formula is C16H22N6O. The summed E-state index contributed by atoms with van der Waals surface area (Å²) in [5, 5.41) is 11.1. The van der Waals surface area contributed by atoms with E-state index >= 15 is 0 Å². The summed E-state index contributed by atoms with van der Waals surface area (Å²) in [6.45, 7) is 7.00. The summed E-state index contributed by atoms with van der Waals surface area (Å²) in [4.78, 5) is 16.4. The molecular weight excluding hydrogens is 292 g/mol. The highest BCUT2D eigenvalue weighted by atomic mass is 16.2. The minimum Gasteiger partial charge on any atom is -0.332 e. The molecule has 0 atom stereocenters. The quantitative estimate of drug-likeness (QED) is 0.918. The van der Waals surface area contributed by atoms with Crippen molar-refractivity contribution in [1.82, 2.24) is 30.1 Å². The smallest absolute Gasteiger partial charge is 0.317 e. The Morgan fingerprint density at radius 3 is 2.61 bits per heavy atom. The van der Waals surface area contributed by atoms with E-state index in [2.05, 4.69) is 27.5 Å². The Bertz CT molecular complexity index is 633. The molecule has 1 fully saturated rings. The highest BCUT2D eigenvalue weighted by Crippen LogP contribution is 2.06. The Hall–Kier alpha value is -2.41. The molecule has 2 heterocycles. The van der Waals surface area contributed by atoms with Gasteiger partial charge in [-0.25, -0.2) is 9.48 Å². The van der Waals surface area contributed by atoms with Gasteiger partial charge in [-0.05, 0) is 18.7 Å².